The fraction of sp³-hybridized carbons (Fsp3) is 0.800. The molecule has 2 heterocycles. The summed E-state index contributed by atoms with van der Waals surface area (Å²) in [6, 6.07) is 0. The lowest BCUT2D eigenvalue weighted by molar-refractivity contribution is 0.151. The molecule has 6 nitrogen and oxygen atoms in total. The van der Waals surface area contributed by atoms with Crippen LogP contribution in [0.25, 0.3) is 0 Å². The second kappa shape index (κ2) is 7.61. The van der Waals surface area contributed by atoms with Gasteiger partial charge in [0.25, 0.3) is 0 Å². The van der Waals surface area contributed by atoms with Crippen molar-refractivity contribution in [2.24, 2.45) is 10.4 Å². The van der Waals surface area contributed by atoms with E-state index in [9.17, 15) is 0 Å². The summed E-state index contributed by atoms with van der Waals surface area (Å²) in [5.41, 5.74) is 0.612. The van der Waals surface area contributed by atoms with Crippen molar-refractivity contribution < 1.29 is 0 Å². The number of nitrogens with one attached hydrogen (secondary N) is 1. The molecule has 3 rings (SSSR count). The Morgan fingerprint density at radius 2 is 2.23 bits per heavy atom. The summed E-state index contributed by atoms with van der Waals surface area (Å²) in [6.07, 6.45) is 8.28. The normalized spacial score (nSPS) is 19.9. The molecule has 0 bridgehead atoms. The van der Waals surface area contributed by atoms with Crippen LogP contribution in [0.2, 0.25) is 0 Å². The lowest BCUT2D eigenvalue weighted by Gasteiger charge is -2.38. The molecule has 22 heavy (non-hydrogen) atoms. The third-order valence-electron chi connectivity index (χ3n) is 5.01. The van der Waals surface area contributed by atoms with Crippen molar-refractivity contribution in [3.05, 3.63) is 12.2 Å². The van der Waals surface area contributed by atoms with Gasteiger partial charge in [-0.15, -0.1) is 34.2 Å². The van der Waals surface area contributed by atoms with Crippen LogP contribution in [-0.4, -0.2) is 52.3 Å². The van der Waals surface area contributed by atoms with Crippen molar-refractivity contribution in [1.29, 1.82) is 0 Å². The zero-order valence-electron chi connectivity index (χ0n) is 13.6. The van der Waals surface area contributed by atoms with Gasteiger partial charge in [0.1, 0.15) is 12.2 Å². The first kappa shape index (κ1) is 17.5. The van der Waals surface area contributed by atoms with E-state index in [1.807, 2.05) is 13.4 Å². The Labute approximate surface area is 149 Å². The van der Waals surface area contributed by atoms with Gasteiger partial charge in [-0.3, -0.25) is 4.99 Å². The smallest absolute Gasteiger partial charge is 0.193 e. The van der Waals surface area contributed by atoms with Crippen molar-refractivity contribution in [3.8, 4) is 0 Å². The van der Waals surface area contributed by atoms with Crippen LogP contribution in [0.5, 0.6) is 0 Å². The van der Waals surface area contributed by atoms with Gasteiger partial charge in [-0.1, -0.05) is 13.3 Å². The molecule has 2 aliphatic rings. The second-order valence-corrected chi connectivity index (χ2v) is 6.29. The molecule has 1 spiro atoms. The van der Waals surface area contributed by atoms with Crippen LogP contribution in [0.1, 0.15) is 38.4 Å². The number of aromatic nitrogens is 3. The Balaban J connectivity index is 0.00000176. The number of hydrogen-bond acceptors (Lipinski definition) is 3. The van der Waals surface area contributed by atoms with Gasteiger partial charge in [-0.2, -0.15) is 0 Å². The first-order chi connectivity index (χ1) is 10.3. The van der Waals surface area contributed by atoms with Gasteiger partial charge in [0.15, 0.2) is 5.96 Å². The van der Waals surface area contributed by atoms with Crippen LogP contribution >= 0.6 is 24.0 Å². The van der Waals surface area contributed by atoms with Crippen LogP contribution in [0.3, 0.4) is 0 Å². The SMILES string of the molecule is CCc1nncn1CCNC(=NC)N1CCC2(CCC2)C1.I. The van der Waals surface area contributed by atoms with Crippen LogP contribution in [-0.2, 0) is 13.0 Å². The fourth-order valence-electron chi connectivity index (χ4n) is 3.56. The number of halogens is 1. The molecule has 0 atom stereocenters. The van der Waals surface area contributed by atoms with Crippen molar-refractivity contribution in [2.75, 3.05) is 26.7 Å². The molecule has 1 aromatic heterocycles. The number of guanidine groups is 1. The van der Waals surface area contributed by atoms with E-state index in [1.165, 1.54) is 32.2 Å². The largest absolute Gasteiger partial charge is 0.354 e. The van der Waals surface area contributed by atoms with E-state index in [-0.39, 0.29) is 24.0 Å². The lowest BCUT2D eigenvalue weighted by atomic mass is 9.68. The Hall–Kier alpha value is -0.860. The molecule has 1 saturated heterocycles. The highest BCUT2D eigenvalue weighted by molar-refractivity contribution is 14.0. The fourth-order valence-corrected chi connectivity index (χ4v) is 3.56. The quantitative estimate of drug-likeness (QED) is 0.461. The minimum absolute atomic E-state index is 0. The van der Waals surface area contributed by atoms with E-state index >= 15 is 0 Å². The summed E-state index contributed by atoms with van der Waals surface area (Å²) in [5.74, 6) is 2.09. The number of rotatable bonds is 4. The van der Waals surface area contributed by atoms with Crippen LogP contribution in [0.4, 0.5) is 0 Å². The molecule has 1 aliphatic heterocycles. The van der Waals surface area contributed by atoms with E-state index in [2.05, 4.69) is 36.9 Å². The molecule has 1 aliphatic carbocycles. The number of hydrogen-bond donors (Lipinski definition) is 1. The molecule has 1 N–H and O–H groups in total. The standard InChI is InChI=1S/C15H26N6.HI/c1-3-13-19-18-12-21(13)10-8-17-14(16-2)20-9-7-15(11-20)5-4-6-15;/h12H,3-11H2,1-2H3,(H,16,17);1H. The molecule has 0 radical (unpaired) electrons. The van der Waals surface area contributed by atoms with Crippen LogP contribution in [0, 0.1) is 5.41 Å². The number of likely N-dealkylation sites (tertiary alicyclic amines) is 1. The summed E-state index contributed by atoms with van der Waals surface area (Å²) in [4.78, 5) is 6.87. The second-order valence-electron chi connectivity index (χ2n) is 6.29. The number of aryl methyl sites for hydroxylation is 1. The maximum absolute atomic E-state index is 4.45. The Morgan fingerprint density at radius 1 is 1.41 bits per heavy atom. The Kier molecular flexibility index (Phi) is 6.05. The average molecular weight is 418 g/mol. The molecular weight excluding hydrogens is 391 g/mol. The zero-order chi connectivity index (χ0) is 14.7. The molecule has 7 heteroatoms. The summed E-state index contributed by atoms with van der Waals surface area (Å²) < 4.78 is 2.11. The molecule has 0 aromatic carbocycles. The van der Waals surface area contributed by atoms with Gasteiger partial charge >= 0.3 is 0 Å². The van der Waals surface area contributed by atoms with E-state index < -0.39 is 0 Å². The molecule has 2 fully saturated rings. The molecule has 0 amide bonds. The number of aliphatic imine (C=N–C) groups is 1. The molecule has 1 aromatic rings. The third-order valence-corrected chi connectivity index (χ3v) is 5.01. The highest BCUT2D eigenvalue weighted by Gasteiger charge is 2.43. The molecular formula is C15H27IN6. The third kappa shape index (κ3) is 3.55. The summed E-state index contributed by atoms with van der Waals surface area (Å²) >= 11 is 0. The Morgan fingerprint density at radius 3 is 2.82 bits per heavy atom. The predicted molar refractivity (Wildman–Crippen MR) is 98.7 cm³/mol. The van der Waals surface area contributed by atoms with Crippen LogP contribution in [0.15, 0.2) is 11.3 Å². The zero-order valence-corrected chi connectivity index (χ0v) is 15.9. The number of nitrogens with zero attached hydrogens (tertiary/aromatic N) is 5. The lowest BCUT2D eigenvalue weighted by Crippen LogP contribution is -2.43. The van der Waals surface area contributed by atoms with Crippen molar-refractivity contribution in [1.82, 2.24) is 25.0 Å². The summed E-state index contributed by atoms with van der Waals surface area (Å²) in [6.45, 7) is 6.18. The van der Waals surface area contributed by atoms with Gasteiger partial charge in [0.2, 0.25) is 0 Å². The molecule has 124 valence electrons. The van der Waals surface area contributed by atoms with Crippen LogP contribution < -0.4 is 5.32 Å². The van der Waals surface area contributed by atoms with E-state index in [1.54, 1.807) is 0 Å². The molecule has 1 saturated carbocycles. The highest BCUT2D eigenvalue weighted by atomic mass is 127. The van der Waals surface area contributed by atoms with Crippen molar-refractivity contribution in [3.63, 3.8) is 0 Å². The highest BCUT2D eigenvalue weighted by Crippen LogP contribution is 2.47. The average Bonchev–Trinajstić information content (AvgIpc) is 3.09. The van der Waals surface area contributed by atoms with Gasteiger partial charge in [-0.05, 0) is 24.7 Å². The van der Waals surface area contributed by atoms with Gasteiger partial charge in [0.05, 0.1) is 0 Å². The van der Waals surface area contributed by atoms with Crippen molar-refractivity contribution >= 4 is 29.9 Å². The first-order valence-corrected chi connectivity index (χ1v) is 8.09. The predicted octanol–water partition coefficient (Wildman–Crippen LogP) is 1.91. The first-order valence-electron chi connectivity index (χ1n) is 8.09. The van der Waals surface area contributed by atoms with E-state index in [0.717, 1.165) is 37.8 Å². The molecule has 0 unspecified atom stereocenters. The van der Waals surface area contributed by atoms with Gasteiger partial charge in [-0.25, -0.2) is 0 Å². The van der Waals surface area contributed by atoms with Crippen molar-refractivity contribution in [2.45, 2.75) is 45.6 Å². The topological polar surface area (TPSA) is 58.3 Å². The summed E-state index contributed by atoms with van der Waals surface area (Å²) in [5, 5.41) is 11.6. The summed E-state index contributed by atoms with van der Waals surface area (Å²) in [7, 11) is 1.88. The maximum atomic E-state index is 4.45. The monoisotopic (exact) mass is 418 g/mol. The van der Waals surface area contributed by atoms with Gasteiger partial charge in [0, 0.05) is 39.6 Å². The van der Waals surface area contributed by atoms with Gasteiger partial charge < -0.3 is 14.8 Å². The van der Waals surface area contributed by atoms with E-state index in [4.69, 9.17) is 0 Å². The minimum Gasteiger partial charge on any atom is -0.354 e. The maximum Gasteiger partial charge on any atom is 0.193 e. The van der Waals surface area contributed by atoms with E-state index in [0.29, 0.717) is 5.41 Å². The minimum atomic E-state index is 0. The Bertz CT molecular complexity index is 508.